The average molecular weight is 898 g/mol. The summed E-state index contributed by atoms with van der Waals surface area (Å²) in [7, 11) is -4.28. The largest absolute Gasteiger partial charge is 0.472 e. The zero-order valence-electron chi connectivity index (χ0n) is 41.1. The molecule has 0 aliphatic heterocycles. The van der Waals surface area contributed by atoms with Crippen LogP contribution >= 0.6 is 7.82 Å². The Bertz CT molecular complexity index is 1010. The number of nitrogens with two attached hydrogens (primary N) is 1. The van der Waals surface area contributed by atoms with Crippen LogP contribution in [0.1, 0.15) is 271 Å². The molecule has 0 saturated heterocycles. The molecule has 0 aromatic heterocycles. The molecule has 9 heteroatoms. The fourth-order valence-electron chi connectivity index (χ4n) is 7.91. The van der Waals surface area contributed by atoms with Crippen LogP contribution in [0.15, 0.2) is 24.3 Å². The van der Waals surface area contributed by atoms with Crippen molar-refractivity contribution in [1.29, 1.82) is 0 Å². The van der Waals surface area contributed by atoms with E-state index in [4.69, 9.17) is 24.3 Å². The van der Waals surface area contributed by atoms with Crippen LogP contribution in [-0.4, -0.2) is 49.9 Å². The molecule has 0 heterocycles. The predicted octanol–water partition coefficient (Wildman–Crippen LogP) is 16.8. The highest BCUT2D eigenvalue weighted by atomic mass is 31.2. The molecule has 0 aliphatic rings. The summed E-state index contributed by atoms with van der Waals surface area (Å²) in [4.78, 5) is 22.6. The summed E-state index contributed by atoms with van der Waals surface area (Å²) in [5, 5.41) is 0. The number of hydrogen-bond acceptors (Lipinski definition) is 7. The third-order valence-electron chi connectivity index (χ3n) is 11.9. The Hall–Kier alpha value is -1.02. The smallest absolute Gasteiger partial charge is 0.457 e. The molecular weight excluding hydrogens is 794 g/mol. The van der Waals surface area contributed by atoms with Crippen molar-refractivity contribution in [3.63, 3.8) is 0 Å². The average Bonchev–Trinajstić information content (AvgIpc) is 3.26. The van der Waals surface area contributed by atoms with E-state index in [0.717, 1.165) is 38.5 Å². The van der Waals surface area contributed by atoms with E-state index in [1.165, 1.54) is 212 Å². The van der Waals surface area contributed by atoms with Crippen molar-refractivity contribution in [2.75, 3.05) is 33.0 Å². The zero-order valence-corrected chi connectivity index (χ0v) is 42.0. The van der Waals surface area contributed by atoms with E-state index in [0.29, 0.717) is 13.0 Å². The second-order valence-electron chi connectivity index (χ2n) is 18.1. The minimum Gasteiger partial charge on any atom is -0.457 e. The Morgan fingerprint density at radius 1 is 0.484 bits per heavy atom. The van der Waals surface area contributed by atoms with Gasteiger partial charge in [-0.3, -0.25) is 13.8 Å². The van der Waals surface area contributed by atoms with Gasteiger partial charge in [-0.15, -0.1) is 0 Å². The van der Waals surface area contributed by atoms with Gasteiger partial charge in [0.1, 0.15) is 6.10 Å². The highest BCUT2D eigenvalue weighted by Gasteiger charge is 2.25. The number of phosphoric acid groups is 1. The van der Waals surface area contributed by atoms with Gasteiger partial charge in [0.25, 0.3) is 0 Å². The van der Waals surface area contributed by atoms with E-state index < -0.39 is 13.9 Å². The second kappa shape index (κ2) is 51.0. The highest BCUT2D eigenvalue weighted by molar-refractivity contribution is 7.47. The molecule has 0 spiro atoms. The Morgan fingerprint density at radius 2 is 0.855 bits per heavy atom. The summed E-state index contributed by atoms with van der Waals surface area (Å²) in [5.41, 5.74) is 5.39. The van der Waals surface area contributed by atoms with Gasteiger partial charge in [0, 0.05) is 19.6 Å². The molecule has 62 heavy (non-hydrogen) atoms. The third-order valence-corrected chi connectivity index (χ3v) is 12.9. The lowest BCUT2D eigenvalue weighted by atomic mass is 10.0. The maximum absolute atomic E-state index is 12.7. The lowest BCUT2D eigenvalue weighted by Crippen LogP contribution is -2.28. The molecule has 0 amide bonds. The molecule has 2 atom stereocenters. The predicted molar refractivity (Wildman–Crippen MR) is 266 cm³/mol. The zero-order chi connectivity index (χ0) is 45.1. The summed E-state index contributed by atoms with van der Waals surface area (Å²) >= 11 is 0. The van der Waals surface area contributed by atoms with E-state index in [-0.39, 0.29) is 32.3 Å². The molecule has 0 aromatic rings. The SMILES string of the molecule is CCCCCCC/C=C\C/C=C\CCCCCCCCCCCCOCC(COP(=O)(O)OCCN)OC(=O)CCCCCCCCCCCCCCCCCCCCCCC. The highest BCUT2D eigenvalue weighted by Crippen LogP contribution is 2.43. The van der Waals surface area contributed by atoms with E-state index in [2.05, 4.69) is 38.2 Å². The van der Waals surface area contributed by atoms with Gasteiger partial charge < -0.3 is 20.1 Å². The monoisotopic (exact) mass is 898 g/mol. The first kappa shape index (κ1) is 61.0. The van der Waals surface area contributed by atoms with Crippen molar-refractivity contribution in [3.8, 4) is 0 Å². The lowest BCUT2D eigenvalue weighted by Gasteiger charge is -2.20. The fraction of sp³-hybridized carbons (Fsp3) is 0.906. The van der Waals surface area contributed by atoms with E-state index >= 15 is 0 Å². The first-order valence-electron chi connectivity index (χ1n) is 26.8. The summed E-state index contributed by atoms with van der Waals surface area (Å²) in [5.74, 6) is -0.325. The number of hydrogen-bond donors (Lipinski definition) is 2. The number of unbranched alkanes of at least 4 members (excludes halogenated alkanes) is 35. The van der Waals surface area contributed by atoms with Crippen LogP contribution in [0.4, 0.5) is 0 Å². The van der Waals surface area contributed by atoms with Crippen LogP contribution in [-0.2, 0) is 27.9 Å². The van der Waals surface area contributed by atoms with Gasteiger partial charge >= 0.3 is 13.8 Å². The molecule has 0 fully saturated rings. The maximum atomic E-state index is 12.7. The van der Waals surface area contributed by atoms with Crippen molar-refractivity contribution in [1.82, 2.24) is 0 Å². The summed E-state index contributed by atoms with van der Waals surface area (Å²) in [6.45, 7) is 4.97. The van der Waals surface area contributed by atoms with Crippen molar-refractivity contribution in [2.24, 2.45) is 5.73 Å². The molecule has 3 N–H and O–H groups in total. The number of ether oxygens (including phenoxy) is 2. The number of phosphoric ester groups is 1. The Balaban J connectivity index is 3.89. The van der Waals surface area contributed by atoms with E-state index in [1.54, 1.807) is 0 Å². The van der Waals surface area contributed by atoms with Crippen LogP contribution < -0.4 is 5.73 Å². The Morgan fingerprint density at radius 3 is 1.26 bits per heavy atom. The molecule has 0 saturated carbocycles. The number of allylic oxidation sites excluding steroid dienone is 4. The standard InChI is InChI=1S/C53H104NO7P/c1-3-5-7-9-11-13-15-17-19-21-23-25-27-29-31-33-35-37-39-41-43-45-48-58-50-52(51-60-62(56,57)59-49-47-54)61-53(55)46-44-42-40-38-36-34-32-30-28-26-24-22-20-18-16-14-12-10-8-6-4-2/h15,17,21,23,52H,3-14,16,18-20,22,24-51,54H2,1-2H3,(H,56,57)/b17-15-,23-21-. The normalized spacial score (nSPS) is 13.4. The quantitative estimate of drug-likeness (QED) is 0.0268. The minimum absolute atomic E-state index is 0.0934. The Labute approximate surface area is 385 Å². The van der Waals surface area contributed by atoms with E-state index in [9.17, 15) is 14.3 Å². The molecule has 0 rings (SSSR count). The van der Waals surface area contributed by atoms with Crippen LogP contribution in [0.25, 0.3) is 0 Å². The molecule has 0 aliphatic carbocycles. The molecule has 8 nitrogen and oxygen atoms in total. The number of rotatable bonds is 52. The molecular formula is C53H104NO7P. The van der Waals surface area contributed by atoms with Crippen molar-refractivity contribution < 1.29 is 32.8 Å². The van der Waals surface area contributed by atoms with Gasteiger partial charge in [0.05, 0.1) is 19.8 Å². The van der Waals surface area contributed by atoms with Crippen LogP contribution in [0.3, 0.4) is 0 Å². The maximum Gasteiger partial charge on any atom is 0.472 e. The molecule has 0 bridgehead atoms. The van der Waals surface area contributed by atoms with Crippen molar-refractivity contribution in [3.05, 3.63) is 24.3 Å². The van der Waals surface area contributed by atoms with Gasteiger partial charge in [-0.2, -0.15) is 0 Å². The minimum atomic E-state index is -4.28. The molecule has 2 unspecified atom stereocenters. The molecule has 368 valence electrons. The first-order chi connectivity index (χ1) is 30.4. The summed E-state index contributed by atoms with van der Waals surface area (Å²) in [6.07, 6.45) is 59.3. The van der Waals surface area contributed by atoms with Gasteiger partial charge in [0.2, 0.25) is 0 Å². The van der Waals surface area contributed by atoms with Gasteiger partial charge in [0.15, 0.2) is 0 Å². The third kappa shape index (κ3) is 50.0. The van der Waals surface area contributed by atoms with Crippen LogP contribution in [0.2, 0.25) is 0 Å². The van der Waals surface area contributed by atoms with Crippen molar-refractivity contribution in [2.45, 2.75) is 277 Å². The number of carbonyl (C=O) groups is 1. The lowest BCUT2D eigenvalue weighted by molar-refractivity contribution is -0.154. The number of esters is 1. The van der Waals surface area contributed by atoms with Crippen LogP contribution in [0, 0.1) is 0 Å². The number of carbonyl (C=O) groups excluding carboxylic acids is 1. The second-order valence-corrected chi connectivity index (χ2v) is 19.6. The summed E-state index contributed by atoms with van der Waals surface area (Å²) < 4.78 is 33.6. The first-order valence-corrected chi connectivity index (χ1v) is 28.3. The van der Waals surface area contributed by atoms with Gasteiger partial charge in [-0.05, 0) is 44.9 Å². The fourth-order valence-corrected chi connectivity index (χ4v) is 8.68. The van der Waals surface area contributed by atoms with E-state index in [1.807, 2.05) is 0 Å². The Kier molecular flexibility index (Phi) is 50.1. The topological polar surface area (TPSA) is 117 Å². The van der Waals surface area contributed by atoms with Gasteiger partial charge in [-0.25, -0.2) is 4.57 Å². The molecule has 0 aromatic carbocycles. The van der Waals surface area contributed by atoms with Crippen molar-refractivity contribution >= 4 is 13.8 Å². The summed E-state index contributed by atoms with van der Waals surface area (Å²) in [6, 6.07) is 0. The molecule has 0 radical (unpaired) electrons. The van der Waals surface area contributed by atoms with Crippen LogP contribution in [0.5, 0.6) is 0 Å². The van der Waals surface area contributed by atoms with Gasteiger partial charge in [-0.1, -0.05) is 244 Å².